The van der Waals surface area contributed by atoms with Gasteiger partial charge in [-0.25, -0.2) is 4.98 Å². The topological polar surface area (TPSA) is 75.1 Å². The zero-order valence-electron chi connectivity index (χ0n) is 23.8. The Kier molecular flexibility index (Phi) is 7.42. The van der Waals surface area contributed by atoms with E-state index in [-0.39, 0.29) is 18.0 Å². The van der Waals surface area contributed by atoms with Crippen molar-refractivity contribution in [2.24, 2.45) is 0 Å². The molecule has 0 spiro atoms. The first-order valence-electron chi connectivity index (χ1n) is 14.3. The fourth-order valence-electron chi connectivity index (χ4n) is 5.86. The second kappa shape index (κ2) is 11.5. The van der Waals surface area contributed by atoms with Gasteiger partial charge in [-0.05, 0) is 68.5 Å². The highest BCUT2D eigenvalue weighted by Crippen LogP contribution is 2.31. The molecule has 5 aromatic rings. The van der Waals surface area contributed by atoms with E-state index in [0.29, 0.717) is 11.5 Å². The van der Waals surface area contributed by atoms with Gasteiger partial charge in [0.05, 0.1) is 16.8 Å². The summed E-state index contributed by atoms with van der Waals surface area (Å²) in [6.45, 7) is 2.03. The van der Waals surface area contributed by atoms with Gasteiger partial charge in [-0.2, -0.15) is 4.98 Å². The molecule has 0 unspecified atom stereocenters. The molecule has 6 rings (SSSR count). The second-order valence-corrected chi connectivity index (χ2v) is 11.0. The maximum atomic E-state index is 13.6. The van der Waals surface area contributed by atoms with Crippen molar-refractivity contribution in [3.8, 4) is 16.9 Å². The Balaban J connectivity index is 1.15. The van der Waals surface area contributed by atoms with Crippen LogP contribution in [0.5, 0.6) is 0 Å². The minimum atomic E-state index is -0.0146. The molecule has 7 nitrogen and oxygen atoms in total. The van der Waals surface area contributed by atoms with E-state index in [9.17, 15) is 4.79 Å². The van der Waals surface area contributed by atoms with Crippen LogP contribution in [0.3, 0.4) is 0 Å². The summed E-state index contributed by atoms with van der Waals surface area (Å²) in [6, 6.07) is 31.0. The molecule has 0 radical (unpaired) electrons. The number of nitrogens with one attached hydrogen (secondary N) is 2. The molecule has 0 saturated heterocycles. The first kappa shape index (κ1) is 26.6. The lowest BCUT2D eigenvalue weighted by atomic mass is 9.91. The summed E-state index contributed by atoms with van der Waals surface area (Å²) in [7, 11) is 4.01. The van der Waals surface area contributed by atoms with Crippen molar-refractivity contribution in [2.75, 3.05) is 24.3 Å². The van der Waals surface area contributed by atoms with E-state index in [4.69, 9.17) is 9.97 Å². The van der Waals surface area contributed by atoms with Crippen LogP contribution in [0.4, 0.5) is 11.8 Å². The largest absolute Gasteiger partial charge is 0.362 e. The molecule has 0 aliphatic heterocycles. The van der Waals surface area contributed by atoms with Gasteiger partial charge in [-0.3, -0.25) is 4.79 Å². The number of carbonyl (C=O) groups excluding carboxylic acids is 1. The number of carbonyl (C=O) groups is 1. The summed E-state index contributed by atoms with van der Waals surface area (Å²) in [5.41, 5.74) is 5.73. The zero-order chi connectivity index (χ0) is 28.3. The standard InChI is InChI=1S/C34H36N6O/c1-23-29(22-31(24-12-6-4-7-13-24)40(23)27-14-8-5-9-15-27)33(41)35-25-18-20-26(21-19-25)36-34-37-30-17-11-10-16-28(30)32(38-34)39(2)3/h4-17,22,25-26H,18-21H2,1-3H3,(H,35,41)(H,36,37,38). The zero-order valence-corrected chi connectivity index (χ0v) is 23.8. The number of para-hydroxylation sites is 2. The Bertz CT molecular complexity index is 1650. The molecular weight excluding hydrogens is 508 g/mol. The van der Waals surface area contributed by atoms with E-state index in [2.05, 4.69) is 45.5 Å². The van der Waals surface area contributed by atoms with Crippen molar-refractivity contribution in [3.05, 3.63) is 102 Å². The highest BCUT2D eigenvalue weighted by atomic mass is 16.1. The van der Waals surface area contributed by atoms with Crippen LogP contribution < -0.4 is 15.5 Å². The average Bonchev–Trinajstić information content (AvgIpc) is 3.35. The van der Waals surface area contributed by atoms with E-state index < -0.39 is 0 Å². The summed E-state index contributed by atoms with van der Waals surface area (Å²) in [4.78, 5) is 25.2. The molecule has 0 atom stereocenters. The predicted octanol–water partition coefficient (Wildman–Crippen LogP) is 6.62. The summed E-state index contributed by atoms with van der Waals surface area (Å²) >= 11 is 0. The predicted molar refractivity (Wildman–Crippen MR) is 167 cm³/mol. The monoisotopic (exact) mass is 544 g/mol. The molecule has 208 valence electrons. The van der Waals surface area contributed by atoms with Crippen LogP contribution in [0, 0.1) is 6.92 Å². The second-order valence-electron chi connectivity index (χ2n) is 11.0. The Morgan fingerprint density at radius 3 is 2.17 bits per heavy atom. The fourth-order valence-corrected chi connectivity index (χ4v) is 5.86. The SMILES string of the molecule is Cc1c(C(=O)NC2CCC(Nc3nc(N(C)C)c4ccccc4n3)CC2)cc(-c2ccccc2)n1-c1ccccc1. The molecule has 2 heterocycles. The van der Waals surface area contributed by atoms with Gasteiger partial charge < -0.3 is 20.1 Å². The van der Waals surface area contributed by atoms with Crippen molar-refractivity contribution in [1.82, 2.24) is 19.9 Å². The molecule has 41 heavy (non-hydrogen) atoms. The lowest BCUT2D eigenvalue weighted by Crippen LogP contribution is -2.40. The van der Waals surface area contributed by atoms with Gasteiger partial charge >= 0.3 is 0 Å². The molecule has 3 aromatic carbocycles. The first-order chi connectivity index (χ1) is 20.0. The highest BCUT2D eigenvalue weighted by molar-refractivity contribution is 5.97. The summed E-state index contributed by atoms with van der Waals surface area (Å²) < 4.78 is 2.18. The lowest BCUT2D eigenvalue weighted by molar-refractivity contribution is 0.0926. The number of rotatable bonds is 7. The Labute approximate surface area is 241 Å². The van der Waals surface area contributed by atoms with Gasteiger partial charge in [-0.15, -0.1) is 0 Å². The number of amides is 1. The molecule has 1 aliphatic rings. The summed E-state index contributed by atoms with van der Waals surface area (Å²) in [6.07, 6.45) is 3.69. The number of hydrogen-bond donors (Lipinski definition) is 2. The minimum absolute atomic E-state index is 0.0146. The van der Waals surface area contributed by atoms with Gasteiger partial charge in [0.2, 0.25) is 5.95 Å². The van der Waals surface area contributed by atoms with E-state index >= 15 is 0 Å². The molecule has 2 N–H and O–H groups in total. The lowest BCUT2D eigenvalue weighted by Gasteiger charge is -2.30. The highest BCUT2D eigenvalue weighted by Gasteiger charge is 2.26. The van der Waals surface area contributed by atoms with Crippen LogP contribution in [0.25, 0.3) is 27.8 Å². The van der Waals surface area contributed by atoms with Crippen LogP contribution >= 0.6 is 0 Å². The quantitative estimate of drug-likeness (QED) is 0.241. The Hall–Kier alpha value is -4.65. The van der Waals surface area contributed by atoms with E-state index in [1.807, 2.05) is 86.6 Å². The molecule has 1 saturated carbocycles. The average molecular weight is 545 g/mol. The maximum Gasteiger partial charge on any atom is 0.253 e. The van der Waals surface area contributed by atoms with Crippen LogP contribution in [0.1, 0.15) is 41.7 Å². The number of hydrogen-bond acceptors (Lipinski definition) is 5. The van der Waals surface area contributed by atoms with E-state index in [0.717, 1.165) is 65.0 Å². The van der Waals surface area contributed by atoms with Gasteiger partial charge in [-0.1, -0.05) is 60.7 Å². The van der Waals surface area contributed by atoms with Crippen LogP contribution in [0.15, 0.2) is 91.0 Å². The molecule has 7 heteroatoms. The van der Waals surface area contributed by atoms with E-state index in [1.165, 1.54) is 0 Å². The van der Waals surface area contributed by atoms with E-state index in [1.54, 1.807) is 0 Å². The molecular formula is C34H36N6O. The number of anilines is 2. The Morgan fingerprint density at radius 1 is 0.829 bits per heavy atom. The van der Waals surface area contributed by atoms with Crippen molar-refractivity contribution in [2.45, 2.75) is 44.7 Å². The third-order valence-electron chi connectivity index (χ3n) is 7.98. The van der Waals surface area contributed by atoms with Gasteiger partial charge in [0, 0.05) is 42.9 Å². The van der Waals surface area contributed by atoms with Gasteiger partial charge in [0.15, 0.2) is 0 Å². The van der Waals surface area contributed by atoms with Gasteiger partial charge in [0.25, 0.3) is 5.91 Å². The molecule has 2 aromatic heterocycles. The number of nitrogens with zero attached hydrogens (tertiary/aromatic N) is 4. The van der Waals surface area contributed by atoms with Crippen LogP contribution in [0.2, 0.25) is 0 Å². The van der Waals surface area contributed by atoms with Crippen molar-refractivity contribution in [3.63, 3.8) is 0 Å². The number of aromatic nitrogens is 3. The number of benzene rings is 3. The number of fused-ring (bicyclic) bond motifs is 1. The van der Waals surface area contributed by atoms with Crippen molar-refractivity contribution < 1.29 is 4.79 Å². The molecule has 1 fully saturated rings. The van der Waals surface area contributed by atoms with Gasteiger partial charge in [0.1, 0.15) is 5.82 Å². The van der Waals surface area contributed by atoms with Crippen LogP contribution in [-0.4, -0.2) is 46.6 Å². The van der Waals surface area contributed by atoms with Crippen molar-refractivity contribution in [1.29, 1.82) is 0 Å². The minimum Gasteiger partial charge on any atom is -0.362 e. The third-order valence-corrected chi connectivity index (χ3v) is 7.98. The molecule has 1 aliphatic carbocycles. The maximum absolute atomic E-state index is 13.6. The Morgan fingerprint density at radius 2 is 1.46 bits per heavy atom. The molecule has 1 amide bonds. The smallest absolute Gasteiger partial charge is 0.253 e. The summed E-state index contributed by atoms with van der Waals surface area (Å²) in [5, 5.41) is 7.94. The third kappa shape index (κ3) is 5.53. The van der Waals surface area contributed by atoms with Crippen LogP contribution in [-0.2, 0) is 0 Å². The normalized spacial score (nSPS) is 16.9. The summed E-state index contributed by atoms with van der Waals surface area (Å²) in [5.74, 6) is 1.55. The first-order valence-corrected chi connectivity index (χ1v) is 14.3. The van der Waals surface area contributed by atoms with Crippen molar-refractivity contribution >= 4 is 28.6 Å². The molecule has 0 bridgehead atoms. The fraction of sp³-hybridized carbons (Fsp3) is 0.265.